The molecule has 2 saturated carbocycles. The number of aliphatic hydroxyl groups is 4. The molecule has 168 valence electrons. The lowest BCUT2D eigenvalue weighted by Gasteiger charge is -2.27. The van der Waals surface area contributed by atoms with Gasteiger partial charge in [-0.25, -0.2) is 0 Å². The standard InChI is InChI=1S/C24H42O5/c1-2-3-14-24(29,18-12-13-18)15-8-11-21-20(22(27)16-23(21)28)10-7-5-4-6-9-19(26)17-25/h8,11,18,20-23,25,27-29H,2-7,9-10,12-17H2,1H3/b11-8+/t20-,21-,22+,23-,24?/m1/s1. The van der Waals surface area contributed by atoms with E-state index in [1.165, 1.54) is 0 Å². The molecular weight excluding hydrogens is 368 g/mol. The van der Waals surface area contributed by atoms with E-state index in [-0.39, 0.29) is 24.2 Å². The minimum Gasteiger partial charge on any atom is -0.393 e. The summed E-state index contributed by atoms with van der Waals surface area (Å²) in [6, 6.07) is 0. The first-order chi connectivity index (χ1) is 13.9. The van der Waals surface area contributed by atoms with Crippen LogP contribution in [0.1, 0.15) is 90.4 Å². The van der Waals surface area contributed by atoms with Gasteiger partial charge in [-0.15, -0.1) is 0 Å². The molecule has 0 radical (unpaired) electrons. The fraction of sp³-hybridized carbons (Fsp3) is 0.875. The van der Waals surface area contributed by atoms with Gasteiger partial charge in [-0.3, -0.25) is 4.79 Å². The Morgan fingerprint density at radius 1 is 1.07 bits per heavy atom. The average Bonchev–Trinajstić information content (AvgIpc) is 3.51. The highest BCUT2D eigenvalue weighted by Gasteiger charge is 2.43. The van der Waals surface area contributed by atoms with Crippen molar-refractivity contribution in [1.82, 2.24) is 0 Å². The maximum atomic E-state index is 11.1. The molecule has 2 rings (SSSR count). The Morgan fingerprint density at radius 3 is 2.45 bits per heavy atom. The first kappa shape index (κ1) is 24.5. The molecule has 5 heteroatoms. The molecule has 0 spiro atoms. The SMILES string of the molecule is CCCCC(O)(C/C=C/[C@@H]1[C@@H](CCCCCCC(=O)CO)[C@@H](O)C[C@H]1O)C1CC1. The Hall–Kier alpha value is -0.750. The lowest BCUT2D eigenvalue weighted by atomic mass is 9.85. The van der Waals surface area contributed by atoms with Crippen molar-refractivity contribution in [1.29, 1.82) is 0 Å². The molecule has 0 saturated heterocycles. The Labute approximate surface area is 176 Å². The van der Waals surface area contributed by atoms with E-state index in [9.17, 15) is 20.1 Å². The lowest BCUT2D eigenvalue weighted by molar-refractivity contribution is -0.121. The summed E-state index contributed by atoms with van der Waals surface area (Å²) in [5.41, 5.74) is -0.601. The second kappa shape index (κ2) is 12.2. The molecule has 5 nitrogen and oxygen atoms in total. The zero-order valence-corrected chi connectivity index (χ0v) is 18.1. The van der Waals surface area contributed by atoms with Gasteiger partial charge < -0.3 is 20.4 Å². The van der Waals surface area contributed by atoms with Crippen LogP contribution in [0.4, 0.5) is 0 Å². The van der Waals surface area contributed by atoms with Gasteiger partial charge in [0.2, 0.25) is 0 Å². The molecule has 0 heterocycles. The molecule has 0 aromatic rings. The molecule has 2 fully saturated rings. The predicted octanol–water partition coefficient (Wildman–Crippen LogP) is 3.52. The number of carbonyl (C=O) groups is 1. The van der Waals surface area contributed by atoms with Crippen LogP contribution in [-0.2, 0) is 4.79 Å². The van der Waals surface area contributed by atoms with Crippen LogP contribution < -0.4 is 0 Å². The predicted molar refractivity (Wildman–Crippen MR) is 114 cm³/mol. The normalized spacial score (nSPS) is 29.4. The molecular formula is C24H42O5. The lowest BCUT2D eigenvalue weighted by Crippen LogP contribution is -2.30. The van der Waals surface area contributed by atoms with E-state index < -0.39 is 17.8 Å². The van der Waals surface area contributed by atoms with E-state index in [2.05, 4.69) is 6.92 Å². The van der Waals surface area contributed by atoms with Gasteiger partial charge in [0.1, 0.15) is 6.61 Å². The molecule has 4 N–H and O–H groups in total. The Bertz CT molecular complexity index is 515. The van der Waals surface area contributed by atoms with E-state index in [1.54, 1.807) is 0 Å². The van der Waals surface area contributed by atoms with Gasteiger partial charge in [0.15, 0.2) is 5.78 Å². The van der Waals surface area contributed by atoms with Crippen LogP contribution >= 0.6 is 0 Å². The fourth-order valence-corrected chi connectivity index (χ4v) is 4.92. The maximum Gasteiger partial charge on any atom is 0.158 e. The molecule has 2 aliphatic carbocycles. The molecule has 0 amide bonds. The molecule has 1 unspecified atom stereocenters. The van der Waals surface area contributed by atoms with Gasteiger partial charge in [-0.1, -0.05) is 51.2 Å². The number of hydrogen-bond acceptors (Lipinski definition) is 5. The number of hydrogen-bond donors (Lipinski definition) is 4. The summed E-state index contributed by atoms with van der Waals surface area (Å²) in [6.07, 6.45) is 14.4. The molecule has 0 bridgehead atoms. The molecule has 0 aromatic heterocycles. The van der Waals surface area contributed by atoms with E-state index >= 15 is 0 Å². The van der Waals surface area contributed by atoms with Gasteiger partial charge in [0.05, 0.1) is 17.8 Å². The number of unbranched alkanes of at least 4 members (excludes halogenated alkanes) is 4. The Balaban J connectivity index is 1.79. The quantitative estimate of drug-likeness (QED) is 0.245. The molecule has 5 atom stereocenters. The van der Waals surface area contributed by atoms with Crippen molar-refractivity contribution in [2.75, 3.05) is 6.61 Å². The first-order valence-corrected chi connectivity index (χ1v) is 11.8. The van der Waals surface area contributed by atoms with Crippen molar-refractivity contribution >= 4 is 5.78 Å². The minimum atomic E-state index is -0.601. The first-order valence-electron chi connectivity index (χ1n) is 11.8. The van der Waals surface area contributed by atoms with Crippen LogP contribution in [0.2, 0.25) is 0 Å². The average molecular weight is 411 g/mol. The van der Waals surface area contributed by atoms with Crippen LogP contribution in [0.5, 0.6) is 0 Å². The van der Waals surface area contributed by atoms with Crippen LogP contribution in [-0.4, -0.2) is 50.6 Å². The van der Waals surface area contributed by atoms with Crippen molar-refractivity contribution in [3.05, 3.63) is 12.2 Å². The van der Waals surface area contributed by atoms with Gasteiger partial charge >= 0.3 is 0 Å². The van der Waals surface area contributed by atoms with E-state index in [4.69, 9.17) is 5.11 Å². The molecule has 2 aliphatic rings. The topological polar surface area (TPSA) is 98.0 Å². The van der Waals surface area contributed by atoms with E-state index in [0.717, 1.165) is 64.2 Å². The minimum absolute atomic E-state index is 0.0457. The largest absolute Gasteiger partial charge is 0.393 e. The summed E-state index contributed by atoms with van der Waals surface area (Å²) in [5.74, 6) is 0.335. The highest BCUT2D eigenvalue weighted by Crippen LogP contribution is 2.45. The van der Waals surface area contributed by atoms with Crippen LogP contribution in [0.15, 0.2) is 12.2 Å². The summed E-state index contributed by atoms with van der Waals surface area (Å²) in [7, 11) is 0. The third-order valence-corrected chi connectivity index (χ3v) is 6.97. The highest BCUT2D eigenvalue weighted by molar-refractivity contribution is 5.79. The summed E-state index contributed by atoms with van der Waals surface area (Å²) >= 11 is 0. The van der Waals surface area contributed by atoms with Crippen molar-refractivity contribution in [2.24, 2.45) is 17.8 Å². The van der Waals surface area contributed by atoms with Crippen molar-refractivity contribution < 1.29 is 25.2 Å². The van der Waals surface area contributed by atoms with Gasteiger partial charge in [-0.2, -0.15) is 0 Å². The number of ketones is 1. The Morgan fingerprint density at radius 2 is 1.79 bits per heavy atom. The highest BCUT2D eigenvalue weighted by atomic mass is 16.3. The zero-order chi connectivity index (χ0) is 21.3. The Kier molecular flexibility index (Phi) is 10.3. The van der Waals surface area contributed by atoms with Crippen molar-refractivity contribution in [3.63, 3.8) is 0 Å². The third-order valence-electron chi connectivity index (χ3n) is 6.97. The van der Waals surface area contributed by atoms with Crippen LogP contribution in [0.25, 0.3) is 0 Å². The summed E-state index contributed by atoms with van der Waals surface area (Å²) in [4.78, 5) is 11.1. The fourth-order valence-electron chi connectivity index (χ4n) is 4.92. The summed E-state index contributed by atoms with van der Waals surface area (Å²) in [6.45, 7) is 1.78. The van der Waals surface area contributed by atoms with Gasteiger partial charge in [0.25, 0.3) is 0 Å². The zero-order valence-electron chi connectivity index (χ0n) is 18.1. The summed E-state index contributed by atoms with van der Waals surface area (Å²) in [5, 5.41) is 40.6. The number of carbonyl (C=O) groups excluding carboxylic acids is 1. The van der Waals surface area contributed by atoms with E-state index in [0.29, 0.717) is 25.2 Å². The molecule has 29 heavy (non-hydrogen) atoms. The summed E-state index contributed by atoms with van der Waals surface area (Å²) < 4.78 is 0. The van der Waals surface area contributed by atoms with Gasteiger partial charge in [-0.05, 0) is 50.4 Å². The second-order valence-electron chi connectivity index (χ2n) is 9.37. The number of rotatable bonds is 15. The second-order valence-corrected chi connectivity index (χ2v) is 9.37. The maximum absolute atomic E-state index is 11.1. The molecule has 0 aliphatic heterocycles. The van der Waals surface area contributed by atoms with E-state index in [1.807, 2.05) is 12.2 Å². The molecule has 0 aromatic carbocycles. The van der Waals surface area contributed by atoms with Crippen LogP contribution in [0, 0.1) is 17.8 Å². The number of Topliss-reactive ketones (excluding diaryl/α,β-unsaturated/α-hetero) is 1. The van der Waals surface area contributed by atoms with Crippen LogP contribution in [0.3, 0.4) is 0 Å². The van der Waals surface area contributed by atoms with Gasteiger partial charge in [0, 0.05) is 18.8 Å². The van der Waals surface area contributed by atoms with Crippen molar-refractivity contribution in [3.8, 4) is 0 Å². The monoisotopic (exact) mass is 410 g/mol. The number of aliphatic hydroxyl groups excluding tert-OH is 3. The smallest absolute Gasteiger partial charge is 0.158 e. The third kappa shape index (κ3) is 7.78. The van der Waals surface area contributed by atoms with Crippen molar-refractivity contribution in [2.45, 2.75) is 108 Å².